The summed E-state index contributed by atoms with van der Waals surface area (Å²) in [7, 11) is 1.22. The number of carboxylic acid groups (broad SMARTS) is 1. The van der Waals surface area contributed by atoms with Crippen molar-refractivity contribution in [2.75, 3.05) is 13.0 Å². The molecule has 0 saturated carbocycles. The summed E-state index contributed by atoms with van der Waals surface area (Å²) in [6, 6.07) is 0. The second-order valence-corrected chi connectivity index (χ2v) is 2.63. The highest BCUT2D eigenvalue weighted by molar-refractivity contribution is 6.18. The van der Waals surface area contributed by atoms with Crippen LogP contribution in [0.1, 0.15) is 6.92 Å². The van der Waals surface area contributed by atoms with Gasteiger partial charge < -0.3 is 14.6 Å². The van der Waals surface area contributed by atoms with E-state index in [9.17, 15) is 9.18 Å². The predicted octanol–water partition coefficient (Wildman–Crippen LogP) is 1.50. The molecule has 0 aliphatic heterocycles. The summed E-state index contributed by atoms with van der Waals surface area (Å²) in [4.78, 5) is 10.4. The molecule has 4 nitrogen and oxygen atoms in total. The molecule has 0 radical (unpaired) electrons. The van der Waals surface area contributed by atoms with Crippen LogP contribution < -0.4 is 0 Å². The maximum Gasteiger partial charge on any atom is 0.374 e. The molecule has 0 rings (SSSR count). The number of methoxy groups -OCH3 is 1. The Morgan fingerprint density at radius 3 is 2.62 bits per heavy atom. The fourth-order valence-corrected chi connectivity index (χ4v) is 0.536. The van der Waals surface area contributed by atoms with Gasteiger partial charge in [0.2, 0.25) is 5.76 Å². The second kappa shape index (κ2) is 4.91. The number of rotatable bonds is 5. The molecule has 13 heavy (non-hydrogen) atoms. The molecule has 0 aromatic rings. The van der Waals surface area contributed by atoms with Gasteiger partial charge in [-0.15, -0.1) is 11.6 Å². The van der Waals surface area contributed by atoms with Crippen molar-refractivity contribution in [1.82, 2.24) is 0 Å². The van der Waals surface area contributed by atoms with Gasteiger partial charge in [-0.05, 0) is 0 Å². The zero-order valence-electron chi connectivity index (χ0n) is 7.21. The average Bonchev–Trinajstić information content (AvgIpc) is 2.03. The minimum absolute atomic E-state index is 0.471. The molecule has 0 aromatic carbocycles. The maximum absolute atomic E-state index is 13.0. The number of ether oxygens (including phenoxy) is 2. The summed E-state index contributed by atoms with van der Waals surface area (Å²) in [5.74, 6) is -4.74. The van der Waals surface area contributed by atoms with Crippen molar-refractivity contribution in [3.05, 3.63) is 12.0 Å². The van der Waals surface area contributed by atoms with Crippen molar-refractivity contribution in [2.45, 2.75) is 12.8 Å². The topological polar surface area (TPSA) is 55.8 Å². The number of hydrogen-bond donors (Lipinski definition) is 1. The van der Waals surface area contributed by atoms with Gasteiger partial charge in [-0.3, -0.25) is 0 Å². The average molecular weight is 213 g/mol. The van der Waals surface area contributed by atoms with E-state index >= 15 is 0 Å². The summed E-state index contributed by atoms with van der Waals surface area (Å²) < 4.78 is 21.8. The van der Waals surface area contributed by atoms with Gasteiger partial charge in [0.1, 0.15) is 6.26 Å². The highest BCUT2D eigenvalue weighted by Gasteiger charge is 2.27. The second-order valence-electron chi connectivity index (χ2n) is 2.36. The quantitative estimate of drug-likeness (QED) is 0.426. The highest BCUT2D eigenvalue weighted by atomic mass is 35.5. The van der Waals surface area contributed by atoms with Crippen LogP contribution >= 0.6 is 11.6 Å². The van der Waals surface area contributed by atoms with E-state index in [4.69, 9.17) is 16.7 Å². The standard InChI is InChI=1S/C7H10ClFO4/c1-7(9,4-8)13-5(3-12-2)6(10)11/h3H,4H2,1-2H3,(H,10,11)/b5-3+. The van der Waals surface area contributed by atoms with Crippen LogP contribution in [0.5, 0.6) is 0 Å². The Morgan fingerprint density at radius 2 is 2.31 bits per heavy atom. The summed E-state index contributed by atoms with van der Waals surface area (Å²) in [6.07, 6.45) is 0.784. The summed E-state index contributed by atoms with van der Waals surface area (Å²) in [5.41, 5.74) is 0. The molecular weight excluding hydrogens is 203 g/mol. The first-order chi connectivity index (χ1) is 5.93. The van der Waals surface area contributed by atoms with E-state index in [1.54, 1.807) is 0 Å². The number of hydrogen-bond acceptors (Lipinski definition) is 3. The van der Waals surface area contributed by atoms with Crippen LogP contribution in [0.15, 0.2) is 12.0 Å². The van der Waals surface area contributed by atoms with Crippen LogP contribution in [0.4, 0.5) is 4.39 Å². The molecule has 0 amide bonds. The Morgan fingerprint density at radius 1 is 1.77 bits per heavy atom. The normalized spacial score (nSPS) is 16.2. The van der Waals surface area contributed by atoms with E-state index in [1.807, 2.05) is 0 Å². The zero-order valence-corrected chi connectivity index (χ0v) is 7.97. The molecule has 0 heterocycles. The molecule has 1 unspecified atom stereocenters. The predicted molar refractivity (Wildman–Crippen MR) is 44.0 cm³/mol. The number of aliphatic carboxylic acids is 1. The van der Waals surface area contributed by atoms with Gasteiger partial charge in [0, 0.05) is 6.92 Å². The molecule has 0 bridgehead atoms. The largest absolute Gasteiger partial charge is 0.500 e. The van der Waals surface area contributed by atoms with Crippen LogP contribution in [-0.4, -0.2) is 29.9 Å². The lowest BCUT2D eigenvalue weighted by Crippen LogP contribution is -2.26. The number of carboxylic acids is 1. The summed E-state index contributed by atoms with van der Waals surface area (Å²) in [5, 5.41) is 8.48. The molecule has 0 aromatic heterocycles. The molecule has 0 spiro atoms. The van der Waals surface area contributed by atoms with Crippen molar-refractivity contribution in [3.63, 3.8) is 0 Å². The number of carbonyl (C=O) groups is 1. The van der Waals surface area contributed by atoms with Crippen molar-refractivity contribution >= 4 is 17.6 Å². The molecule has 76 valence electrons. The smallest absolute Gasteiger partial charge is 0.374 e. The van der Waals surface area contributed by atoms with E-state index in [0.29, 0.717) is 0 Å². The van der Waals surface area contributed by atoms with E-state index in [2.05, 4.69) is 9.47 Å². The van der Waals surface area contributed by atoms with Gasteiger partial charge in [-0.1, -0.05) is 0 Å². The van der Waals surface area contributed by atoms with Crippen LogP contribution in [0.3, 0.4) is 0 Å². The lowest BCUT2D eigenvalue weighted by molar-refractivity contribution is -0.147. The van der Waals surface area contributed by atoms with Gasteiger partial charge in [0.15, 0.2) is 0 Å². The Balaban J connectivity index is 4.44. The van der Waals surface area contributed by atoms with Crippen molar-refractivity contribution < 1.29 is 23.8 Å². The van der Waals surface area contributed by atoms with Crippen LogP contribution in [0, 0.1) is 0 Å². The minimum atomic E-state index is -2.22. The molecule has 0 aliphatic carbocycles. The third kappa shape index (κ3) is 4.57. The van der Waals surface area contributed by atoms with E-state index in [0.717, 1.165) is 13.2 Å². The third-order valence-corrected chi connectivity index (χ3v) is 1.47. The fourth-order valence-electron chi connectivity index (χ4n) is 0.482. The van der Waals surface area contributed by atoms with E-state index in [1.165, 1.54) is 7.11 Å². The van der Waals surface area contributed by atoms with Crippen molar-refractivity contribution in [3.8, 4) is 0 Å². The van der Waals surface area contributed by atoms with Gasteiger partial charge in [0.05, 0.1) is 13.0 Å². The van der Waals surface area contributed by atoms with Crippen LogP contribution in [-0.2, 0) is 14.3 Å². The molecule has 0 fully saturated rings. The maximum atomic E-state index is 13.0. The lowest BCUT2D eigenvalue weighted by Gasteiger charge is -2.18. The van der Waals surface area contributed by atoms with E-state index < -0.39 is 23.5 Å². The third-order valence-electron chi connectivity index (χ3n) is 0.997. The van der Waals surface area contributed by atoms with Gasteiger partial charge in [0.25, 0.3) is 5.85 Å². The zero-order chi connectivity index (χ0) is 10.5. The summed E-state index contributed by atoms with van der Waals surface area (Å²) in [6.45, 7) is 1.02. The molecule has 1 atom stereocenters. The molecule has 6 heteroatoms. The monoisotopic (exact) mass is 212 g/mol. The van der Waals surface area contributed by atoms with Gasteiger partial charge in [-0.25, -0.2) is 4.79 Å². The Labute approximate surface area is 79.9 Å². The van der Waals surface area contributed by atoms with Crippen LogP contribution in [0.25, 0.3) is 0 Å². The van der Waals surface area contributed by atoms with Crippen LogP contribution in [0.2, 0.25) is 0 Å². The molecule has 0 aliphatic rings. The first kappa shape index (κ1) is 12.0. The Hall–Kier alpha value is -0.970. The van der Waals surface area contributed by atoms with Crippen molar-refractivity contribution in [2.24, 2.45) is 0 Å². The lowest BCUT2D eigenvalue weighted by atomic mass is 10.4. The number of alkyl halides is 2. The number of halogens is 2. The highest BCUT2D eigenvalue weighted by Crippen LogP contribution is 2.18. The van der Waals surface area contributed by atoms with Gasteiger partial charge >= 0.3 is 5.97 Å². The fraction of sp³-hybridized carbons (Fsp3) is 0.571. The summed E-state index contributed by atoms with van der Waals surface area (Å²) >= 11 is 5.18. The first-order valence-corrected chi connectivity index (χ1v) is 3.86. The molecule has 1 N–H and O–H groups in total. The Kier molecular flexibility index (Phi) is 4.55. The first-order valence-electron chi connectivity index (χ1n) is 3.33. The van der Waals surface area contributed by atoms with Crippen molar-refractivity contribution in [1.29, 1.82) is 0 Å². The molecular formula is C7H10ClFO4. The Bertz CT molecular complexity index is 215. The SMILES string of the molecule is CO/C=C(/OC(C)(F)CCl)C(=O)O. The van der Waals surface area contributed by atoms with Gasteiger partial charge in [-0.2, -0.15) is 4.39 Å². The van der Waals surface area contributed by atoms with E-state index in [-0.39, 0.29) is 0 Å². The molecule has 0 saturated heterocycles. The minimum Gasteiger partial charge on any atom is -0.500 e.